The summed E-state index contributed by atoms with van der Waals surface area (Å²) in [5.74, 6) is -1.93. The number of hydroxylamine groups is 1. The number of benzene rings is 2. The molecule has 29 heavy (non-hydrogen) atoms. The molecular formula is C17H16F4N2O5S. The summed E-state index contributed by atoms with van der Waals surface area (Å²) in [7, 11) is -3.69. The van der Waals surface area contributed by atoms with Crippen molar-refractivity contribution < 1.29 is 40.3 Å². The predicted molar refractivity (Wildman–Crippen MR) is 95.2 cm³/mol. The van der Waals surface area contributed by atoms with Crippen LogP contribution in [0, 0.1) is 5.82 Å². The lowest BCUT2D eigenvalue weighted by Gasteiger charge is -2.14. The Kier molecular flexibility index (Phi) is 6.57. The first-order valence-corrected chi connectivity index (χ1v) is 9.80. The summed E-state index contributed by atoms with van der Waals surface area (Å²) in [5, 5.41) is 0. The molecule has 0 aliphatic rings. The Bertz CT molecular complexity index is 1010. The maximum atomic E-state index is 14.2. The lowest BCUT2D eigenvalue weighted by molar-refractivity contribution is -0.274. The van der Waals surface area contributed by atoms with Gasteiger partial charge in [0.1, 0.15) is 11.6 Å². The zero-order valence-electron chi connectivity index (χ0n) is 15.1. The molecule has 0 aromatic heterocycles. The Balaban J connectivity index is 2.33. The van der Waals surface area contributed by atoms with Gasteiger partial charge in [0.05, 0.1) is 11.9 Å². The number of sulfonamides is 1. The van der Waals surface area contributed by atoms with Crippen molar-refractivity contribution in [3.8, 4) is 11.5 Å². The first-order valence-electron chi connectivity index (χ1n) is 7.91. The van der Waals surface area contributed by atoms with Crippen molar-refractivity contribution in [3.05, 3.63) is 53.3 Å². The Morgan fingerprint density at radius 3 is 2.38 bits per heavy atom. The van der Waals surface area contributed by atoms with Crippen LogP contribution in [0.5, 0.6) is 11.5 Å². The molecule has 0 atom stereocenters. The van der Waals surface area contributed by atoms with Crippen LogP contribution in [-0.4, -0.2) is 26.9 Å². The molecule has 2 aromatic rings. The molecule has 0 spiro atoms. The largest absolute Gasteiger partial charge is 0.573 e. The van der Waals surface area contributed by atoms with Gasteiger partial charge >= 0.3 is 6.36 Å². The third-order valence-electron chi connectivity index (χ3n) is 3.29. The number of carbonyl (C=O) groups excluding carboxylic acids is 1. The Morgan fingerprint density at radius 1 is 1.14 bits per heavy atom. The first kappa shape index (κ1) is 22.3. The summed E-state index contributed by atoms with van der Waals surface area (Å²) < 4.78 is 79.9. The number of rotatable bonds is 7. The third-order valence-corrected chi connectivity index (χ3v) is 3.88. The maximum Gasteiger partial charge on any atom is 0.573 e. The number of carbonyl (C=O) groups is 1. The topological polar surface area (TPSA) is 93.7 Å². The summed E-state index contributed by atoms with van der Waals surface area (Å²) >= 11 is 0. The van der Waals surface area contributed by atoms with Gasteiger partial charge in [-0.3, -0.25) is 9.52 Å². The summed E-state index contributed by atoms with van der Waals surface area (Å²) in [6, 6.07) is 6.76. The van der Waals surface area contributed by atoms with E-state index in [0.29, 0.717) is 5.56 Å². The van der Waals surface area contributed by atoms with Crippen LogP contribution in [-0.2, 0) is 21.2 Å². The molecule has 12 heteroatoms. The molecule has 1 amide bonds. The second-order valence-electron chi connectivity index (χ2n) is 5.94. The zero-order valence-corrected chi connectivity index (χ0v) is 15.9. The minimum atomic E-state index is -4.91. The molecular weight excluding hydrogens is 420 g/mol. The molecule has 0 radical (unpaired) electrons. The normalized spacial score (nSPS) is 11.7. The molecule has 2 rings (SSSR count). The highest BCUT2D eigenvalue weighted by Gasteiger charge is 2.31. The number of ether oxygens (including phenoxy) is 1. The van der Waals surface area contributed by atoms with Crippen LogP contribution in [0.15, 0.2) is 36.4 Å². The zero-order chi connectivity index (χ0) is 21.8. The van der Waals surface area contributed by atoms with Gasteiger partial charge in [-0.1, -0.05) is 6.07 Å². The predicted octanol–water partition coefficient (Wildman–Crippen LogP) is 3.12. The number of amides is 1. The summed E-state index contributed by atoms with van der Waals surface area (Å²) in [6.45, 7) is 1.17. The van der Waals surface area contributed by atoms with Gasteiger partial charge < -0.3 is 9.57 Å². The first-order chi connectivity index (χ1) is 13.3. The van der Waals surface area contributed by atoms with Crippen molar-refractivity contribution in [2.24, 2.45) is 0 Å². The van der Waals surface area contributed by atoms with Gasteiger partial charge in [0.15, 0.2) is 5.75 Å². The highest BCUT2D eigenvalue weighted by molar-refractivity contribution is 7.92. The number of nitrogens with one attached hydrogen (secondary N) is 2. The Morgan fingerprint density at radius 2 is 1.83 bits per heavy atom. The van der Waals surface area contributed by atoms with Crippen molar-refractivity contribution in [1.82, 2.24) is 5.48 Å². The second-order valence-corrected chi connectivity index (χ2v) is 7.69. The van der Waals surface area contributed by atoms with Gasteiger partial charge in [-0.05, 0) is 35.9 Å². The highest BCUT2D eigenvalue weighted by Crippen LogP contribution is 2.30. The van der Waals surface area contributed by atoms with Crippen molar-refractivity contribution in [3.63, 3.8) is 0 Å². The third kappa shape index (κ3) is 7.49. The highest BCUT2D eigenvalue weighted by atomic mass is 32.2. The molecule has 0 bridgehead atoms. The smallest absolute Gasteiger partial charge is 0.406 e. The van der Waals surface area contributed by atoms with Crippen LogP contribution in [0.2, 0.25) is 0 Å². The van der Waals surface area contributed by atoms with Gasteiger partial charge in [-0.15, -0.1) is 13.2 Å². The lowest BCUT2D eigenvalue weighted by atomic mass is 10.0. The van der Waals surface area contributed by atoms with Crippen molar-refractivity contribution in [1.29, 1.82) is 0 Å². The summed E-state index contributed by atoms with van der Waals surface area (Å²) in [6.07, 6.45) is -4.15. The number of alkyl halides is 3. The molecule has 0 fully saturated rings. The van der Waals surface area contributed by atoms with Gasteiger partial charge in [-0.2, -0.15) is 5.48 Å². The Hall–Kier alpha value is -3.02. The van der Waals surface area contributed by atoms with E-state index in [1.165, 1.54) is 19.1 Å². The van der Waals surface area contributed by atoms with E-state index in [2.05, 4.69) is 4.74 Å². The van der Waals surface area contributed by atoms with Crippen molar-refractivity contribution >= 4 is 21.6 Å². The molecule has 0 saturated carbocycles. The average molecular weight is 436 g/mol. The van der Waals surface area contributed by atoms with Crippen LogP contribution in [0.1, 0.15) is 18.1 Å². The molecule has 0 aliphatic carbocycles. The quantitative estimate of drug-likeness (QED) is 0.514. The maximum absolute atomic E-state index is 14.2. The van der Waals surface area contributed by atoms with Gasteiger partial charge in [0.25, 0.3) is 0 Å². The standard InChI is InChI=1S/C17H16F4N2O5S/c1-10(24)22-28-16-6-4-13(27-17(19,20)21)9-12(16)7-11-3-5-15(14(18)8-11)23-29(2,25)26/h3-6,8-9,23H,7H2,1-2H3,(H,22,24). The lowest BCUT2D eigenvalue weighted by Crippen LogP contribution is -2.24. The minimum Gasteiger partial charge on any atom is -0.406 e. The molecule has 158 valence electrons. The fraction of sp³-hybridized carbons (Fsp3) is 0.235. The Labute approximate surface area is 163 Å². The van der Waals surface area contributed by atoms with Crippen LogP contribution in [0.4, 0.5) is 23.2 Å². The van der Waals surface area contributed by atoms with E-state index in [1.807, 2.05) is 10.2 Å². The SMILES string of the molecule is CC(=O)NOc1ccc(OC(F)(F)F)cc1Cc1ccc(NS(C)(=O)=O)c(F)c1. The monoisotopic (exact) mass is 436 g/mol. The molecule has 0 saturated heterocycles. The van der Waals surface area contributed by atoms with Gasteiger partial charge in [0.2, 0.25) is 15.9 Å². The van der Waals surface area contributed by atoms with E-state index < -0.39 is 33.9 Å². The molecule has 2 aromatic carbocycles. The van der Waals surface area contributed by atoms with Crippen LogP contribution in [0.3, 0.4) is 0 Å². The van der Waals surface area contributed by atoms with Crippen LogP contribution in [0.25, 0.3) is 0 Å². The van der Waals surface area contributed by atoms with Crippen molar-refractivity contribution in [2.75, 3.05) is 11.0 Å². The van der Waals surface area contributed by atoms with Gasteiger partial charge in [0, 0.05) is 18.9 Å². The van der Waals surface area contributed by atoms with Crippen LogP contribution >= 0.6 is 0 Å². The van der Waals surface area contributed by atoms with E-state index in [1.54, 1.807) is 0 Å². The van der Waals surface area contributed by atoms with E-state index in [-0.39, 0.29) is 23.4 Å². The number of hydrogen-bond acceptors (Lipinski definition) is 5. The average Bonchev–Trinajstić information content (AvgIpc) is 2.54. The number of halogens is 4. The van der Waals surface area contributed by atoms with Crippen LogP contribution < -0.4 is 19.8 Å². The van der Waals surface area contributed by atoms with E-state index >= 15 is 0 Å². The van der Waals surface area contributed by atoms with E-state index in [4.69, 9.17) is 4.84 Å². The molecule has 0 heterocycles. The molecule has 0 unspecified atom stereocenters. The molecule has 7 nitrogen and oxygen atoms in total. The summed E-state index contributed by atoms with van der Waals surface area (Å²) in [4.78, 5) is 16.1. The van der Waals surface area contributed by atoms with Crippen molar-refractivity contribution in [2.45, 2.75) is 19.7 Å². The summed E-state index contributed by atoms with van der Waals surface area (Å²) in [5.41, 5.74) is 2.23. The van der Waals surface area contributed by atoms with E-state index in [9.17, 15) is 30.8 Å². The van der Waals surface area contributed by atoms with Gasteiger partial charge in [-0.25, -0.2) is 12.8 Å². The van der Waals surface area contributed by atoms with E-state index in [0.717, 1.165) is 30.5 Å². The fourth-order valence-corrected chi connectivity index (χ4v) is 2.85. The molecule has 0 aliphatic heterocycles. The fourth-order valence-electron chi connectivity index (χ4n) is 2.29. The minimum absolute atomic E-state index is 0.0217. The number of anilines is 1. The molecule has 2 N–H and O–H groups in total. The number of hydrogen-bond donors (Lipinski definition) is 2. The second kappa shape index (κ2) is 8.55.